The van der Waals surface area contributed by atoms with Gasteiger partial charge in [-0.3, -0.25) is 0 Å². The molecular formula is O8P2PbSn. The van der Waals surface area contributed by atoms with Gasteiger partial charge in [0.1, 0.15) is 0 Å². The zero-order chi connectivity index (χ0) is 9.00. The van der Waals surface area contributed by atoms with Gasteiger partial charge >= 0.3 is 51.2 Å². The first-order valence-electron chi connectivity index (χ1n) is 1.46. The van der Waals surface area contributed by atoms with E-state index >= 15 is 0 Å². The van der Waals surface area contributed by atoms with Crippen LogP contribution in [0.1, 0.15) is 0 Å². The Hall–Kier alpha value is 1.94. The fraction of sp³-hybridized carbons (Fsp3) is 0. The van der Waals surface area contributed by atoms with Gasteiger partial charge < -0.3 is 38.5 Å². The minimum atomic E-state index is -5.39. The maximum Gasteiger partial charge on any atom is 4.00 e. The predicted molar refractivity (Wildman–Crippen MR) is 26.7 cm³/mol. The van der Waals surface area contributed by atoms with E-state index in [4.69, 9.17) is 38.5 Å². The third-order valence-electron chi connectivity index (χ3n) is 0. The van der Waals surface area contributed by atoms with Crippen molar-refractivity contribution in [1.29, 1.82) is 0 Å². The first kappa shape index (κ1) is 23.6. The maximum absolute atomic E-state index is 8.55. The summed E-state index contributed by atoms with van der Waals surface area (Å²) in [7, 11) is -10.8. The molecule has 0 heterocycles. The number of hydrogen-bond donors (Lipinski definition) is 0. The third kappa shape index (κ3) is 379. The molecular weight excluding hydrogens is 516 g/mol. The summed E-state index contributed by atoms with van der Waals surface area (Å²) in [5, 5.41) is 0. The molecule has 0 fully saturated rings. The van der Waals surface area contributed by atoms with Gasteiger partial charge in [0.05, 0.1) is 0 Å². The van der Waals surface area contributed by atoms with Crippen LogP contribution in [0.2, 0.25) is 0 Å². The van der Waals surface area contributed by atoms with Gasteiger partial charge in [0, 0.05) is 0 Å². The van der Waals surface area contributed by atoms with Crippen molar-refractivity contribution in [2.75, 3.05) is 0 Å². The Morgan fingerprint density at radius 1 is 0.667 bits per heavy atom. The second-order valence-electron chi connectivity index (χ2n) is 0.894. The summed E-state index contributed by atoms with van der Waals surface area (Å²) < 4.78 is 17.1. The van der Waals surface area contributed by atoms with E-state index in [0.717, 1.165) is 0 Å². The Labute approximate surface area is 105 Å². The summed E-state index contributed by atoms with van der Waals surface area (Å²) in [6.07, 6.45) is 0. The van der Waals surface area contributed by atoms with Crippen LogP contribution in [0.3, 0.4) is 0 Å². The van der Waals surface area contributed by atoms with Crippen LogP contribution in [0.4, 0.5) is 0 Å². The van der Waals surface area contributed by atoms with Crippen LogP contribution >= 0.6 is 15.6 Å². The molecule has 0 saturated heterocycles. The first-order chi connectivity index (χ1) is 4.00. The molecule has 0 aromatic heterocycles. The second kappa shape index (κ2) is 9.49. The zero-order valence-electron chi connectivity index (χ0n) is 5.16. The average Bonchev–Trinajstić information content (AvgIpc) is 1.12. The van der Waals surface area contributed by atoms with E-state index in [2.05, 4.69) is 0 Å². The molecule has 66 valence electrons. The molecule has 12 heavy (non-hydrogen) atoms. The molecule has 0 amide bonds. The van der Waals surface area contributed by atoms with Crippen LogP contribution < -0.4 is 29.4 Å². The molecule has 0 saturated carbocycles. The third-order valence-corrected chi connectivity index (χ3v) is 0. The number of phosphoric acid groups is 2. The molecule has 0 aromatic carbocycles. The van der Waals surface area contributed by atoms with Crippen molar-refractivity contribution in [3.8, 4) is 0 Å². The Balaban J connectivity index is -0.0000000457. The summed E-state index contributed by atoms with van der Waals surface area (Å²) in [4.78, 5) is 51.3. The molecule has 0 spiro atoms. The van der Waals surface area contributed by atoms with Gasteiger partial charge in [-0.25, -0.2) is 0 Å². The summed E-state index contributed by atoms with van der Waals surface area (Å²) in [6.45, 7) is 0. The Bertz CT molecular complexity index is 129. The normalized spacial score (nSPS) is 9.83. The first-order valence-corrected chi connectivity index (χ1v) is 4.38. The standard InChI is InChI=1S/2H3O4P.Pb.Sn/c2*1-5(2,3)4;;/h2*(H3,1,2,3,4);;/q;;+2;+4/p-6. The minimum absolute atomic E-state index is 0. The molecule has 2 radical (unpaired) electrons. The van der Waals surface area contributed by atoms with E-state index in [-0.39, 0.29) is 51.2 Å². The van der Waals surface area contributed by atoms with Gasteiger partial charge in [0.25, 0.3) is 0 Å². The Kier molecular flexibility index (Phi) is 18.7. The van der Waals surface area contributed by atoms with Crippen molar-refractivity contribution in [3.05, 3.63) is 0 Å². The van der Waals surface area contributed by atoms with Crippen molar-refractivity contribution in [3.63, 3.8) is 0 Å². The molecule has 0 atom stereocenters. The van der Waals surface area contributed by atoms with E-state index in [0.29, 0.717) is 0 Å². The molecule has 0 aliphatic rings. The average molecular weight is 516 g/mol. The number of rotatable bonds is 0. The quantitative estimate of drug-likeness (QED) is 0.226. The van der Waals surface area contributed by atoms with Gasteiger partial charge in [0.2, 0.25) is 0 Å². The molecule has 0 unspecified atom stereocenters. The smallest absolute Gasteiger partial charge is 0.822 e. The summed E-state index contributed by atoms with van der Waals surface area (Å²) in [5.74, 6) is 0. The van der Waals surface area contributed by atoms with Crippen LogP contribution in [0.15, 0.2) is 0 Å². The van der Waals surface area contributed by atoms with Crippen LogP contribution in [0.25, 0.3) is 0 Å². The van der Waals surface area contributed by atoms with E-state index in [1.807, 2.05) is 0 Å². The summed E-state index contributed by atoms with van der Waals surface area (Å²) >= 11 is 0. The minimum Gasteiger partial charge on any atom is -0.822 e. The molecule has 0 bridgehead atoms. The molecule has 0 rings (SSSR count). The van der Waals surface area contributed by atoms with Gasteiger partial charge in [0.15, 0.2) is 0 Å². The Morgan fingerprint density at radius 3 is 0.667 bits per heavy atom. The van der Waals surface area contributed by atoms with E-state index < -0.39 is 15.6 Å². The van der Waals surface area contributed by atoms with E-state index in [9.17, 15) is 0 Å². The van der Waals surface area contributed by atoms with Gasteiger partial charge in [-0.1, -0.05) is 0 Å². The molecule has 8 nitrogen and oxygen atoms in total. The zero-order valence-corrected chi connectivity index (χ0v) is 13.7. The van der Waals surface area contributed by atoms with Crippen molar-refractivity contribution in [1.82, 2.24) is 0 Å². The Morgan fingerprint density at radius 2 is 0.667 bits per heavy atom. The molecule has 0 aliphatic carbocycles. The fourth-order valence-electron chi connectivity index (χ4n) is 0. The topological polar surface area (TPSA) is 172 Å². The fourth-order valence-corrected chi connectivity index (χ4v) is 0. The second-order valence-corrected chi connectivity index (χ2v) is 2.68. The molecule has 0 aliphatic heterocycles. The van der Waals surface area contributed by atoms with Crippen LogP contribution in [-0.4, -0.2) is 51.2 Å². The van der Waals surface area contributed by atoms with Gasteiger partial charge in [-0.2, -0.15) is 15.6 Å². The molecule has 0 aromatic rings. The predicted octanol–water partition coefficient (Wildman–Crippen LogP) is -6.41. The van der Waals surface area contributed by atoms with E-state index in [1.165, 1.54) is 0 Å². The van der Waals surface area contributed by atoms with Crippen LogP contribution in [0, 0.1) is 0 Å². The largest absolute Gasteiger partial charge is 4.00 e. The molecule has 12 heteroatoms. The monoisotopic (exact) mass is 518 g/mol. The maximum atomic E-state index is 8.55. The molecule has 0 N–H and O–H groups in total. The van der Waals surface area contributed by atoms with Crippen molar-refractivity contribution < 1.29 is 38.5 Å². The van der Waals surface area contributed by atoms with Gasteiger partial charge in [-0.15, -0.1) is 0 Å². The van der Waals surface area contributed by atoms with Crippen molar-refractivity contribution in [2.24, 2.45) is 0 Å². The van der Waals surface area contributed by atoms with Gasteiger partial charge in [-0.05, 0) is 0 Å². The van der Waals surface area contributed by atoms with Crippen molar-refractivity contribution in [2.45, 2.75) is 0 Å². The van der Waals surface area contributed by atoms with E-state index in [1.54, 1.807) is 0 Å². The van der Waals surface area contributed by atoms with Crippen LogP contribution in [0.5, 0.6) is 0 Å². The SMILES string of the molecule is O=P([O-])([O-])[O-].O=P([O-])([O-])[O-].[Pb+2].[Sn+4]. The van der Waals surface area contributed by atoms with Crippen molar-refractivity contribution >= 4 is 66.9 Å². The van der Waals surface area contributed by atoms with Crippen LogP contribution in [-0.2, 0) is 9.13 Å². The summed E-state index contributed by atoms with van der Waals surface area (Å²) in [6, 6.07) is 0. The summed E-state index contributed by atoms with van der Waals surface area (Å²) in [5.41, 5.74) is 0. The number of hydrogen-bond acceptors (Lipinski definition) is 8.